The van der Waals surface area contributed by atoms with Crippen LogP contribution in [0.4, 0.5) is 5.69 Å². The van der Waals surface area contributed by atoms with Gasteiger partial charge in [0.05, 0.1) is 35.2 Å². The summed E-state index contributed by atoms with van der Waals surface area (Å²) >= 11 is 5.96. The molecule has 1 amide bonds. The molecule has 2 N–H and O–H groups in total. The first-order chi connectivity index (χ1) is 17.6. The van der Waals surface area contributed by atoms with Crippen LogP contribution in [0.1, 0.15) is 6.92 Å². The van der Waals surface area contributed by atoms with Crippen molar-refractivity contribution in [3.05, 3.63) is 76.4 Å². The quantitative estimate of drug-likeness (QED) is 0.350. The predicted octanol–water partition coefficient (Wildman–Crippen LogP) is 3.30. The van der Waals surface area contributed by atoms with Gasteiger partial charge in [-0.15, -0.1) is 0 Å². The van der Waals surface area contributed by atoms with E-state index in [0.29, 0.717) is 22.0 Å². The van der Waals surface area contributed by atoms with Gasteiger partial charge < -0.3 is 10.1 Å². The number of hydrogen-bond donors (Lipinski definition) is 2. The van der Waals surface area contributed by atoms with Gasteiger partial charge in [-0.3, -0.25) is 18.9 Å². The van der Waals surface area contributed by atoms with E-state index in [1.807, 2.05) is 0 Å². The molecule has 12 heteroatoms. The van der Waals surface area contributed by atoms with E-state index < -0.39 is 15.9 Å². The third-order valence-electron chi connectivity index (χ3n) is 5.72. The van der Waals surface area contributed by atoms with E-state index in [-0.39, 0.29) is 39.5 Å². The highest BCUT2D eigenvalue weighted by molar-refractivity contribution is 7.92. The summed E-state index contributed by atoms with van der Waals surface area (Å²) < 4.78 is 35.0. The summed E-state index contributed by atoms with van der Waals surface area (Å²) in [4.78, 5) is 33.6. The van der Waals surface area contributed by atoms with Crippen molar-refractivity contribution in [2.45, 2.75) is 18.4 Å². The number of fused-ring (bicyclic) bond motifs is 1. The number of pyridine rings is 1. The second-order valence-electron chi connectivity index (χ2n) is 8.29. The van der Waals surface area contributed by atoms with Crippen LogP contribution in [0.2, 0.25) is 5.02 Å². The molecule has 2 aromatic heterocycles. The van der Waals surface area contributed by atoms with Gasteiger partial charge >= 0.3 is 0 Å². The summed E-state index contributed by atoms with van der Waals surface area (Å²) in [6, 6.07) is 12.5. The Balaban J connectivity index is 1.73. The third-order valence-corrected chi connectivity index (χ3v) is 7.32. The lowest BCUT2D eigenvalue weighted by Crippen LogP contribution is -2.32. The molecule has 1 atom stereocenters. The summed E-state index contributed by atoms with van der Waals surface area (Å²) in [5, 5.41) is 3.20. The zero-order valence-electron chi connectivity index (χ0n) is 20.2. The smallest absolute Gasteiger partial charge is 0.262 e. The molecule has 2 aromatic carbocycles. The first kappa shape index (κ1) is 26.1. The average molecular weight is 542 g/mol. The standard InChI is InChI=1S/C25H24ClN5O5S/c1-15(23(32)27-2)13-31-14-29-21-8-7-16(9-20(21)25(31)33)17-10-22(24(36-3)28-12-17)30-37(34,35)19-6-4-5-18(26)11-19/h4-12,14-15,30H,13H2,1-3H3,(H,27,32)/t15-/m1/s1. The normalized spacial score (nSPS) is 12.2. The number of sulfonamides is 1. The van der Waals surface area contributed by atoms with Crippen molar-refractivity contribution < 1.29 is 17.9 Å². The molecule has 0 bridgehead atoms. The Hall–Kier alpha value is -3.96. The summed E-state index contributed by atoms with van der Waals surface area (Å²) in [5.41, 5.74) is 1.46. The van der Waals surface area contributed by atoms with Gasteiger partial charge in [0.15, 0.2) is 0 Å². The van der Waals surface area contributed by atoms with Crippen LogP contribution in [0.3, 0.4) is 0 Å². The maximum atomic E-state index is 13.2. The fourth-order valence-electron chi connectivity index (χ4n) is 3.78. The van der Waals surface area contributed by atoms with Gasteiger partial charge in [0, 0.05) is 30.4 Å². The molecule has 0 fully saturated rings. The maximum Gasteiger partial charge on any atom is 0.262 e. The lowest BCUT2D eigenvalue weighted by molar-refractivity contribution is -0.124. The Labute approximate surface area is 218 Å². The second kappa shape index (κ2) is 10.6. The fourth-order valence-corrected chi connectivity index (χ4v) is 5.13. The highest BCUT2D eigenvalue weighted by Gasteiger charge is 2.19. The zero-order chi connectivity index (χ0) is 26.7. The third kappa shape index (κ3) is 5.57. The van der Waals surface area contributed by atoms with Crippen molar-refractivity contribution in [1.29, 1.82) is 0 Å². The van der Waals surface area contributed by atoms with Crippen LogP contribution in [0.15, 0.2) is 70.7 Å². The Kier molecular flexibility index (Phi) is 7.46. The van der Waals surface area contributed by atoms with Crippen LogP contribution in [0.5, 0.6) is 5.88 Å². The molecule has 0 aliphatic heterocycles. The minimum absolute atomic E-state index is 0.0178. The average Bonchev–Trinajstić information content (AvgIpc) is 2.89. The van der Waals surface area contributed by atoms with Gasteiger partial charge in [-0.2, -0.15) is 0 Å². The minimum atomic E-state index is -3.99. The van der Waals surface area contributed by atoms with E-state index in [1.54, 1.807) is 44.3 Å². The van der Waals surface area contributed by atoms with Crippen LogP contribution in [-0.2, 0) is 21.4 Å². The molecule has 0 saturated heterocycles. The number of rotatable bonds is 8. The van der Waals surface area contributed by atoms with Crippen molar-refractivity contribution in [3.8, 4) is 17.0 Å². The predicted molar refractivity (Wildman–Crippen MR) is 141 cm³/mol. The number of carbonyl (C=O) groups is 1. The molecule has 0 spiro atoms. The number of methoxy groups -OCH3 is 1. The van der Waals surface area contributed by atoms with Crippen molar-refractivity contribution in [1.82, 2.24) is 19.9 Å². The molecular formula is C25H24ClN5O5S. The summed E-state index contributed by atoms with van der Waals surface area (Å²) in [7, 11) is -1.07. The highest BCUT2D eigenvalue weighted by atomic mass is 35.5. The fraction of sp³-hybridized carbons (Fsp3) is 0.200. The van der Waals surface area contributed by atoms with E-state index in [0.717, 1.165) is 0 Å². The van der Waals surface area contributed by atoms with Crippen molar-refractivity contribution in [2.75, 3.05) is 18.9 Å². The van der Waals surface area contributed by atoms with Gasteiger partial charge in [-0.25, -0.2) is 18.4 Å². The molecule has 0 aliphatic carbocycles. The topological polar surface area (TPSA) is 132 Å². The second-order valence-corrected chi connectivity index (χ2v) is 10.4. The molecule has 0 radical (unpaired) electrons. The number of aromatic nitrogens is 3. The largest absolute Gasteiger partial charge is 0.480 e. The Morgan fingerprint density at radius 2 is 1.92 bits per heavy atom. The van der Waals surface area contributed by atoms with Gasteiger partial charge in [0.1, 0.15) is 5.69 Å². The number of hydrogen-bond acceptors (Lipinski definition) is 7. The molecular weight excluding hydrogens is 518 g/mol. The molecule has 10 nitrogen and oxygen atoms in total. The Bertz CT molecular complexity index is 1660. The first-order valence-electron chi connectivity index (χ1n) is 11.2. The Morgan fingerprint density at radius 1 is 1.14 bits per heavy atom. The molecule has 0 saturated carbocycles. The molecule has 4 aromatic rings. The number of nitrogens with zero attached hydrogens (tertiary/aromatic N) is 3. The van der Waals surface area contributed by atoms with Gasteiger partial charge in [-0.1, -0.05) is 30.7 Å². The number of anilines is 1. The van der Waals surface area contributed by atoms with Gasteiger partial charge in [0.25, 0.3) is 15.6 Å². The molecule has 37 heavy (non-hydrogen) atoms. The number of nitrogens with one attached hydrogen (secondary N) is 2. The number of amides is 1. The maximum absolute atomic E-state index is 13.2. The van der Waals surface area contributed by atoms with Gasteiger partial charge in [0.2, 0.25) is 11.8 Å². The summed E-state index contributed by atoms with van der Waals surface area (Å²) in [6.07, 6.45) is 2.93. The van der Waals surface area contributed by atoms with Crippen molar-refractivity contribution in [2.24, 2.45) is 5.92 Å². The van der Waals surface area contributed by atoms with Crippen LogP contribution in [-0.4, -0.2) is 43.0 Å². The highest BCUT2D eigenvalue weighted by Crippen LogP contribution is 2.31. The summed E-state index contributed by atoms with van der Waals surface area (Å²) in [5.74, 6) is -0.536. The van der Waals surface area contributed by atoms with Gasteiger partial charge in [-0.05, 0) is 42.0 Å². The molecule has 0 aliphatic rings. The van der Waals surface area contributed by atoms with E-state index in [4.69, 9.17) is 16.3 Å². The monoisotopic (exact) mass is 541 g/mol. The molecule has 2 heterocycles. The Morgan fingerprint density at radius 3 is 2.62 bits per heavy atom. The number of halogens is 1. The van der Waals surface area contributed by atoms with E-state index in [1.165, 1.54) is 42.4 Å². The molecule has 192 valence electrons. The lowest BCUT2D eigenvalue weighted by atomic mass is 10.0. The van der Waals surface area contributed by atoms with E-state index >= 15 is 0 Å². The first-order valence-corrected chi connectivity index (χ1v) is 13.0. The SMILES string of the molecule is CNC(=O)[C@H](C)Cn1cnc2ccc(-c3cnc(OC)c(NS(=O)(=O)c4cccc(Cl)c4)c3)cc2c1=O. The molecule has 4 rings (SSSR count). The number of benzene rings is 2. The van der Waals surface area contributed by atoms with E-state index in [2.05, 4.69) is 20.0 Å². The van der Waals surface area contributed by atoms with Crippen LogP contribution >= 0.6 is 11.6 Å². The van der Waals surface area contributed by atoms with Crippen molar-refractivity contribution >= 4 is 44.1 Å². The van der Waals surface area contributed by atoms with Crippen molar-refractivity contribution in [3.63, 3.8) is 0 Å². The number of carbonyl (C=O) groups excluding carboxylic acids is 1. The number of ether oxygens (including phenoxy) is 1. The zero-order valence-corrected chi connectivity index (χ0v) is 21.8. The summed E-state index contributed by atoms with van der Waals surface area (Å²) in [6.45, 7) is 1.89. The van der Waals surface area contributed by atoms with Crippen LogP contribution < -0.4 is 20.3 Å². The van der Waals surface area contributed by atoms with Crippen LogP contribution in [0.25, 0.3) is 22.0 Å². The lowest BCUT2D eigenvalue weighted by Gasteiger charge is -2.14. The van der Waals surface area contributed by atoms with Crippen LogP contribution in [0, 0.1) is 5.92 Å². The minimum Gasteiger partial charge on any atom is -0.480 e. The molecule has 0 unspecified atom stereocenters. The van der Waals surface area contributed by atoms with E-state index in [9.17, 15) is 18.0 Å².